The van der Waals surface area contributed by atoms with E-state index in [-0.39, 0.29) is 11.9 Å². The number of carbonyl (C=O) groups excluding carboxylic acids is 2. The summed E-state index contributed by atoms with van der Waals surface area (Å²) in [5.74, 6) is -0.126. The first-order valence-electron chi connectivity index (χ1n) is 20.8. The molecule has 274 valence electrons. The van der Waals surface area contributed by atoms with E-state index in [1.165, 1.54) is 233 Å². The summed E-state index contributed by atoms with van der Waals surface area (Å²) in [4.78, 5) is 22.2. The average molecular weight is 651 g/mol. The van der Waals surface area contributed by atoms with Gasteiger partial charge in [-0.3, -0.25) is 9.59 Å². The molecule has 4 heteroatoms. The van der Waals surface area contributed by atoms with E-state index in [1.54, 1.807) is 0 Å². The molecule has 0 unspecified atom stereocenters. The van der Waals surface area contributed by atoms with Gasteiger partial charge in [0.05, 0.1) is 14.2 Å². The van der Waals surface area contributed by atoms with Crippen LogP contribution in [0.4, 0.5) is 0 Å². The summed E-state index contributed by atoms with van der Waals surface area (Å²) in [6.45, 7) is 0. The van der Waals surface area contributed by atoms with E-state index >= 15 is 0 Å². The van der Waals surface area contributed by atoms with Gasteiger partial charge in [0.25, 0.3) is 0 Å². The summed E-state index contributed by atoms with van der Waals surface area (Å²) in [5.41, 5.74) is 0. The van der Waals surface area contributed by atoms with Crippen LogP contribution in [0.1, 0.15) is 244 Å². The van der Waals surface area contributed by atoms with Gasteiger partial charge in [-0.05, 0) is 12.8 Å². The minimum Gasteiger partial charge on any atom is -0.469 e. The minimum atomic E-state index is -0.0632. The Labute approximate surface area is 288 Å². The van der Waals surface area contributed by atoms with Crippen molar-refractivity contribution >= 4 is 11.9 Å². The number of carbonyl (C=O) groups is 2. The molecule has 0 aromatic rings. The van der Waals surface area contributed by atoms with Crippen molar-refractivity contribution < 1.29 is 19.1 Å². The zero-order chi connectivity index (χ0) is 33.4. The van der Waals surface area contributed by atoms with Gasteiger partial charge in [-0.25, -0.2) is 0 Å². The van der Waals surface area contributed by atoms with Gasteiger partial charge >= 0.3 is 11.9 Å². The van der Waals surface area contributed by atoms with E-state index in [1.807, 2.05) is 0 Å². The van der Waals surface area contributed by atoms with E-state index < -0.39 is 0 Å². The standard InChI is InChI=1S/C42H82O4/c1-45-41(43)39-37-35-33-31-29-27-25-23-21-19-17-15-13-11-9-7-5-3-4-6-8-10-12-14-16-18-20-22-24-26-28-30-32-34-36-38-40-42(44)46-2/h3-40H2,1-2H3. The SMILES string of the molecule is COC(=O)CCCCCCCCCCCCCCCCCCCCCCCCCCCCCCCCCCCCCCC(=O)OC. The summed E-state index contributed by atoms with van der Waals surface area (Å²) in [5, 5.41) is 0. The van der Waals surface area contributed by atoms with E-state index in [0.717, 1.165) is 12.8 Å². The molecule has 0 spiro atoms. The Morgan fingerprint density at radius 1 is 0.239 bits per heavy atom. The molecule has 0 amide bonds. The van der Waals surface area contributed by atoms with E-state index in [9.17, 15) is 9.59 Å². The molecule has 0 heterocycles. The van der Waals surface area contributed by atoms with Crippen molar-refractivity contribution in [1.29, 1.82) is 0 Å². The summed E-state index contributed by atoms with van der Waals surface area (Å²) in [6, 6.07) is 0. The molecular weight excluding hydrogens is 568 g/mol. The predicted octanol–water partition coefficient (Wildman–Crippen LogP) is 14.2. The van der Waals surface area contributed by atoms with Gasteiger partial charge < -0.3 is 9.47 Å². The molecule has 0 N–H and O–H groups in total. The van der Waals surface area contributed by atoms with Crippen LogP contribution in [0.15, 0.2) is 0 Å². The van der Waals surface area contributed by atoms with Crippen molar-refractivity contribution in [2.45, 2.75) is 244 Å². The van der Waals surface area contributed by atoms with Crippen LogP contribution in [0, 0.1) is 0 Å². The lowest BCUT2D eigenvalue weighted by Gasteiger charge is -2.05. The molecule has 0 radical (unpaired) electrons. The second-order valence-corrected chi connectivity index (χ2v) is 14.4. The van der Waals surface area contributed by atoms with Crippen molar-refractivity contribution in [2.75, 3.05) is 14.2 Å². The van der Waals surface area contributed by atoms with Crippen LogP contribution in [-0.2, 0) is 19.1 Å². The molecule has 0 aliphatic heterocycles. The molecule has 0 aromatic carbocycles. The molecule has 0 saturated carbocycles. The highest BCUT2D eigenvalue weighted by Gasteiger charge is 2.01. The molecule has 0 aliphatic rings. The van der Waals surface area contributed by atoms with Gasteiger partial charge in [0.1, 0.15) is 0 Å². The quantitative estimate of drug-likeness (QED) is 0.0490. The van der Waals surface area contributed by atoms with Gasteiger partial charge in [0, 0.05) is 12.8 Å². The first-order chi connectivity index (χ1) is 22.7. The topological polar surface area (TPSA) is 52.6 Å². The number of hydrogen-bond donors (Lipinski definition) is 0. The second kappa shape index (κ2) is 40.1. The first-order valence-corrected chi connectivity index (χ1v) is 20.8. The van der Waals surface area contributed by atoms with Crippen molar-refractivity contribution in [1.82, 2.24) is 0 Å². The maximum absolute atomic E-state index is 11.1. The van der Waals surface area contributed by atoms with Crippen molar-refractivity contribution in [3.8, 4) is 0 Å². The van der Waals surface area contributed by atoms with E-state index in [2.05, 4.69) is 9.47 Å². The van der Waals surface area contributed by atoms with Crippen LogP contribution in [-0.4, -0.2) is 26.2 Å². The number of unbranched alkanes of at least 4 members (excludes halogenated alkanes) is 35. The summed E-state index contributed by atoms with van der Waals surface area (Å²) >= 11 is 0. The minimum absolute atomic E-state index is 0.0632. The lowest BCUT2D eigenvalue weighted by atomic mass is 10.0. The van der Waals surface area contributed by atoms with Gasteiger partial charge in [-0.1, -0.05) is 218 Å². The number of ether oxygens (including phenoxy) is 2. The highest BCUT2D eigenvalue weighted by Crippen LogP contribution is 2.17. The Bertz CT molecular complexity index is 552. The molecule has 0 rings (SSSR count). The van der Waals surface area contributed by atoms with Gasteiger partial charge in [-0.15, -0.1) is 0 Å². The summed E-state index contributed by atoms with van der Waals surface area (Å²) < 4.78 is 9.37. The van der Waals surface area contributed by atoms with Crippen molar-refractivity contribution in [3.63, 3.8) is 0 Å². The molecule has 4 nitrogen and oxygen atoms in total. The maximum atomic E-state index is 11.1. The fourth-order valence-corrected chi connectivity index (χ4v) is 6.75. The van der Waals surface area contributed by atoms with Gasteiger partial charge in [0.2, 0.25) is 0 Å². The lowest BCUT2D eigenvalue weighted by Crippen LogP contribution is -1.99. The fraction of sp³-hybridized carbons (Fsp3) is 0.952. The van der Waals surface area contributed by atoms with Crippen LogP contribution < -0.4 is 0 Å². The largest absolute Gasteiger partial charge is 0.469 e. The smallest absolute Gasteiger partial charge is 0.305 e. The second-order valence-electron chi connectivity index (χ2n) is 14.4. The highest BCUT2D eigenvalue weighted by molar-refractivity contribution is 5.69. The van der Waals surface area contributed by atoms with Crippen molar-refractivity contribution in [2.24, 2.45) is 0 Å². The monoisotopic (exact) mass is 651 g/mol. The third kappa shape index (κ3) is 39.1. The molecule has 46 heavy (non-hydrogen) atoms. The molecular formula is C42H82O4. The third-order valence-electron chi connectivity index (χ3n) is 9.97. The Morgan fingerprint density at radius 2 is 0.348 bits per heavy atom. The third-order valence-corrected chi connectivity index (χ3v) is 9.97. The molecule has 0 aliphatic carbocycles. The average Bonchev–Trinajstić information content (AvgIpc) is 3.07. The first kappa shape index (κ1) is 44.9. The number of esters is 2. The fourth-order valence-electron chi connectivity index (χ4n) is 6.75. The Morgan fingerprint density at radius 3 is 0.457 bits per heavy atom. The highest BCUT2D eigenvalue weighted by atomic mass is 16.5. The molecule has 0 atom stereocenters. The predicted molar refractivity (Wildman–Crippen MR) is 199 cm³/mol. The van der Waals surface area contributed by atoms with E-state index in [0.29, 0.717) is 12.8 Å². The maximum Gasteiger partial charge on any atom is 0.305 e. The zero-order valence-electron chi connectivity index (χ0n) is 31.5. The molecule has 0 fully saturated rings. The van der Waals surface area contributed by atoms with Gasteiger partial charge in [-0.2, -0.15) is 0 Å². The normalized spacial score (nSPS) is 11.3. The summed E-state index contributed by atoms with van der Waals surface area (Å²) in [6.07, 6.45) is 51.0. The Hall–Kier alpha value is -1.06. The van der Waals surface area contributed by atoms with Crippen LogP contribution in [0.25, 0.3) is 0 Å². The van der Waals surface area contributed by atoms with Crippen LogP contribution in [0.3, 0.4) is 0 Å². The summed E-state index contributed by atoms with van der Waals surface area (Å²) in [7, 11) is 2.95. The number of rotatable bonds is 39. The van der Waals surface area contributed by atoms with Crippen LogP contribution in [0.5, 0.6) is 0 Å². The number of hydrogen-bond acceptors (Lipinski definition) is 4. The molecule has 0 saturated heterocycles. The Balaban J connectivity index is 3.06. The lowest BCUT2D eigenvalue weighted by molar-refractivity contribution is -0.141. The Kier molecular flexibility index (Phi) is 39.2. The molecule has 0 bridgehead atoms. The zero-order valence-corrected chi connectivity index (χ0v) is 31.5. The molecule has 0 aromatic heterocycles. The van der Waals surface area contributed by atoms with Crippen molar-refractivity contribution in [3.05, 3.63) is 0 Å². The van der Waals surface area contributed by atoms with E-state index in [4.69, 9.17) is 0 Å². The van der Waals surface area contributed by atoms with Gasteiger partial charge in [0.15, 0.2) is 0 Å². The number of methoxy groups -OCH3 is 2. The van der Waals surface area contributed by atoms with Crippen LogP contribution >= 0.6 is 0 Å². The van der Waals surface area contributed by atoms with Crippen LogP contribution in [0.2, 0.25) is 0 Å².